The molecule has 1 aromatic carbocycles. The van der Waals surface area contributed by atoms with Gasteiger partial charge >= 0.3 is 6.18 Å². The molecule has 0 fully saturated rings. The highest BCUT2D eigenvalue weighted by Crippen LogP contribution is 2.36. The van der Waals surface area contributed by atoms with E-state index in [1.165, 1.54) is 24.4 Å². The molecule has 2 heterocycles. The van der Waals surface area contributed by atoms with Gasteiger partial charge in [0, 0.05) is 49.0 Å². The molecule has 0 spiro atoms. The molecule has 11 heteroatoms. The molecule has 2 aromatic heterocycles. The van der Waals surface area contributed by atoms with E-state index in [4.69, 9.17) is 9.47 Å². The van der Waals surface area contributed by atoms with Crippen molar-refractivity contribution >= 4 is 5.91 Å². The van der Waals surface area contributed by atoms with Crippen LogP contribution in [-0.4, -0.2) is 40.7 Å². The van der Waals surface area contributed by atoms with Crippen molar-refractivity contribution in [2.24, 2.45) is 0 Å². The van der Waals surface area contributed by atoms with Gasteiger partial charge in [-0.15, -0.1) is 0 Å². The number of hydrogen-bond acceptors (Lipinski definition) is 6. The number of carbonyl (C=O) groups excluding carboxylic acids is 1. The van der Waals surface area contributed by atoms with Gasteiger partial charge in [0.1, 0.15) is 12.4 Å². The lowest BCUT2D eigenvalue weighted by Crippen LogP contribution is -2.22. The second-order valence-corrected chi connectivity index (χ2v) is 8.23. The number of hydrogen-bond donors (Lipinski definition) is 2. The zero-order valence-electron chi connectivity index (χ0n) is 20.7. The summed E-state index contributed by atoms with van der Waals surface area (Å²) in [5.41, 5.74) is -0.857. The van der Waals surface area contributed by atoms with E-state index in [2.05, 4.69) is 20.3 Å². The van der Waals surface area contributed by atoms with Crippen molar-refractivity contribution in [3.8, 4) is 28.5 Å². The lowest BCUT2D eigenvalue weighted by molar-refractivity contribution is -0.137. The van der Waals surface area contributed by atoms with E-state index < -0.39 is 17.3 Å². The van der Waals surface area contributed by atoms with Crippen LogP contribution in [0.4, 0.5) is 13.2 Å². The summed E-state index contributed by atoms with van der Waals surface area (Å²) in [6, 6.07) is 7.86. The van der Waals surface area contributed by atoms with Crippen LogP contribution in [0.5, 0.6) is 5.88 Å². The maximum atomic E-state index is 13.8. The molecule has 0 aliphatic rings. The first-order valence-corrected chi connectivity index (χ1v) is 12.0. The Bertz CT molecular complexity index is 1240. The van der Waals surface area contributed by atoms with Crippen LogP contribution in [0, 0.1) is 0 Å². The Hall–Kier alpha value is -3.73. The average Bonchev–Trinajstić information content (AvgIpc) is 2.87. The second kappa shape index (κ2) is 13.0. The van der Waals surface area contributed by atoms with Crippen LogP contribution in [-0.2, 0) is 22.3 Å². The number of halogens is 3. The van der Waals surface area contributed by atoms with Crippen LogP contribution in [0.1, 0.15) is 44.2 Å². The molecule has 0 bridgehead atoms. The van der Waals surface area contributed by atoms with Crippen LogP contribution in [0.2, 0.25) is 0 Å². The zero-order valence-corrected chi connectivity index (χ0v) is 20.7. The third-order valence-corrected chi connectivity index (χ3v) is 5.21. The number of aromatic nitrogens is 3. The standard InChI is InChI=1S/C26H29F3N4O4/c1-3-5-22(34)30-15-17-6-8-20(26(27,28)29)19(13-17)25-32-21(14-23(35)33-25)18-7-9-24(31-16-18)37-12-11-36-10-4-2/h6-9,13-14,16H,3-5,10-12,15H2,1-2H3,(H,30,34)(H,32,33,35). The number of rotatable bonds is 12. The van der Waals surface area contributed by atoms with Gasteiger partial charge in [0.05, 0.1) is 17.9 Å². The number of pyridine rings is 1. The molecule has 3 aromatic rings. The minimum atomic E-state index is -4.69. The lowest BCUT2D eigenvalue weighted by atomic mass is 10.0. The van der Waals surface area contributed by atoms with Gasteiger partial charge in [0.2, 0.25) is 11.8 Å². The van der Waals surface area contributed by atoms with E-state index in [0.717, 1.165) is 12.5 Å². The van der Waals surface area contributed by atoms with Crippen LogP contribution in [0.25, 0.3) is 22.6 Å². The number of nitrogens with one attached hydrogen (secondary N) is 2. The zero-order chi connectivity index (χ0) is 26.8. The highest BCUT2D eigenvalue weighted by atomic mass is 19.4. The van der Waals surface area contributed by atoms with Crippen LogP contribution in [0.3, 0.4) is 0 Å². The van der Waals surface area contributed by atoms with E-state index >= 15 is 0 Å². The Balaban J connectivity index is 1.88. The fourth-order valence-corrected chi connectivity index (χ4v) is 3.46. The van der Waals surface area contributed by atoms with E-state index in [1.54, 1.807) is 12.1 Å². The molecular formula is C26H29F3N4O4. The summed E-state index contributed by atoms with van der Waals surface area (Å²) in [4.78, 5) is 35.1. The minimum absolute atomic E-state index is 0.0444. The summed E-state index contributed by atoms with van der Waals surface area (Å²) in [5, 5.41) is 2.67. The van der Waals surface area contributed by atoms with Crippen molar-refractivity contribution in [3.63, 3.8) is 0 Å². The molecule has 1 amide bonds. The molecule has 0 aliphatic carbocycles. The number of H-pyrrole nitrogens is 1. The van der Waals surface area contributed by atoms with Gasteiger partial charge in [-0.05, 0) is 36.6 Å². The number of nitrogens with zero attached hydrogens (tertiary/aromatic N) is 2. The van der Waals surface area contributed by atoms with Crippen molar-refractivity contribution in [2.45, 2.75) is 45.8 Å². The molecule has 198 valence electrons. The molecule has 2 N–H and O–H groups in total. The number of amides is 1. The first-order chi connectivity index (χ1) is 17.7. The molecule has 0 radical (unpaired) electrons. The molecule has 0 unspecified atom stereocenters. The van der Waals surface area contributed by atoms with Gasteiger partial charge in [-0.1, -0.05) is 19.9 Å². The van der Waals surface area contributed by atoms with Gasteiger partial charge in [-0.3, -0.25) is 9.59 Å². The van der Waals surface area contributed by atoms with Crippen LogP contribution in [0.15, 0.2) is 47.4 Å². The molecule has 0 atom stereocenters. The summed E-state index contributed by atoms with van der Waals surface area (Å²) in [6.07, 6.45) is -1.39. The number of aromatic amines is 1. The van der Waals surface area contributed by atoms with Crippen molar-refractivity contribution in [1.82, 2.24) is 20.3 Å². The quantitative estimate of drug-likeness (QED) is 0.336. The third-order valence-electron chi connectivity index (χ3n) is 5.21. The van der Waals surface area contributed by atoms with Crippen LogP contribution >= 0.6 is 0 Å². The molecule has 3 rings (SSSR count). The Morgan fingerprint density at radius 1 is 1.05 bits per heavy atom. The average molecular weight is 519 g/mol. The predicted molar refractivity (Wildman–Crippen MR) is 132 cm³/mol. The smallest absolute Gasteiger partial charge is 0.417 e. The van der Waals surface area contributed by atoms with Gasteiger partial charge in [-0.25, -0.2) is 9.97 Å². The summed E-state index contributed by atoms with van der Waals surface area (Å²) in [7, 11) is 0. The third kappa shape index (κ3) is 8.14. The number of benzene rings is 1. The minimum Gasteiger partial charge on any atom is -0.475 e. The molecule has 8 nitrogen and oxygen atoms in total. The molecule has 0 aliphatic heterocycles. The predicted octanol–water partition coefficient (Wildman–Crippen LogP) is 4.74. The highest BCUT2D eigenvalue weighted by Gasteiger charge is 2.34. The fraction of sp³-hybridized carbons (Fsp3) is 0.385. The first kappa shape index (κ1) is 27.9. The number of alkyl halides is 3. The summed E-state index contributed by atoms with van der Waals surface area (Å²) in [6.45, 7) is 5.27. The maximum absolute atomic E-state index is 13.8. The normalized spacial score (nSPS) is 11.4. The van der Waals surface area contributed by atoms with Gasteiger partial charge in [-0.2, -0.15) is 13.2 Å². The molecule has 37 heavy (non-hydrogen) atoms. The molecular weight excluding hydrogens is 489 g/mol. The fourth-order valence-electron chi connectivity index (χ4n) is 3.46. The van der Waals surface area contributed by atoms with Crippen molar-refractivity contribution in [1.29, 1.82) is 0 Å². The Labute approximate surface area is 212 Å². The SMILES string of the molecule is CCCOCCOc1ccc(-c2cc(=O)[nH]c(-c3cc(CNC(=O)CCC)ccc3C(F)(F)F)n2)cn1. The Morgan fingerprint density at radius 3 is 2.54 bits per heavy atom. The second-order valence-electron chi connectivity index (χ2n) is 8.23. The van der Waals surface area contributed by atoms with Crippen molar-refractivity contribution < 1.29 is 27.4 Å². The molecule has 0 saturated heterocycles. The van der Waals surface area contributed by atoms with Crippen molar-refractivity contribution in [3.05, 3.63) is 64.1 Å². The lowest BCUT2D eigenvalue weighted by Gasteiger charge is -2.15. The maximum Gasteiger partial charge on any atom is 0.417 e. The van der Waals surface area contributed by atoms with Crippen molar-refractivity contribution in [2.75, 3.05) is 19.8 Å². The largest absolute Gasteiger partial charge is 0.475 e. The van der Waals surface area contributed by atoms with E-state index in [0.29, 0.717) is 49.7 Å². The monoisotopic (exact) mass is 518 g/mol. The topological polar surface area (TPSA) is 106 Å². The summed E-state index contributed by atoms with van der Waals surface area (Å²) < 4.78 is 52.2. The first-order valence-electron chi connectivity index (χ1n) is 12.0. The Kier molecular flexibility index (Phi) is 9.78. The summed E-state index contributed by atoms with van der Waals surface area (Å²) in [5.74, 6) is -0.109. The van der Waals surface area contributed by atoms with Gasteiger partial charge in [0.25, 0.3) is 5.56 Å². The van der Waals surface area contributed by atoms with Gasteiger partial charge < -0.3 is 19.8 Å². The number of ether oxygens (including phenoxy) is 2. The van der Waals surface area contributed by atoms with Crippen LogP contribution < -0.4 is 15.6 Å². The van der Waals surface area contributed by atoms with E-state index in [1.807, 2.05) is 13.8 Å². The Morgan fingerprint density at radius 2 is 1.86 bits per heavy atom. The van der Waals surface area contributed by atoms with E-state index in [-0.39, 0.29) is 29.5 Å². The summed E-state index contributed by atoms with van der Waals surface area (Å²) >= 11 is 0. The molecule has 0 saturated carbocycles. The van der Waals surface area contributed by atoms with Gasteiger partial charge in [0.15, 0.2) is 0 Å². The highest BCUT2D eigenvalue weighted by molar-refractivity contribution is 5.76. The van der Waals surface area contributed by atoms with E-state index in [9.17, 15) is 22.8 Å². The number of carbonyl (C=O) groups is 1.